The third-order valence-electron chi connectivity index (χ3n) is 11.5. The van der Waals surface area contributed by atoms with Crippen LogP contribution in [0.15, 0.2) is 35.9 Å². The quantitative estimate of drug-likeness (QED) is 0.0948. The topological polar surface area (TPSA) is 121 Å². The van der Waals surface area contributed by atoms with E-state index in [9.17, 15) is 19.2 Å². The number of ketones is 1. The molecule has 3 aliphatic carbocycles. The number of allylic oxidation sites excluding steroid dienone is 1. The van der Waals surface area contributed by atoms with E-state index in [-0.39, 0.29) is 55.5 Å². The van der Waals surface area contributed by atoms with Crippen molar-refractivity contribution in [2.45, 2.75) is 109 Å². The molecule has 1 aromatic carbocycles. The molecule has 0 bridgehead atoms. The van der Waals surface area contributed by atoms with Gasteiger partial charge < -0.3 is 23.8 Å². The normalized spacial score (nSPS) is 27.9. The van der Waals surface area contributed by atoms with Crippen LogP contribution in [-0.4, -0.2) is 77.8 Å². The van der Waals surface area contributed by atoms with Crippen molar-refractivity contribution in [2.24, 2.45) is 34.5 Å². The summed E-state index contributed by atoms with van der Waals surface area (Å²) >= 11 is 8.39. The Balaban J connectivity index is 1.29. The highest BCUT2D eigenvalue weighted by atomic mass is 35.5. The van der Waals surface area contributed by atoms with Gasteiger partial charge in [-0.2, -0.15) is 0 Å². The summed E-state index contributed by atoms with van der Waals surface area (Å²) in [6.07, 6.45) is 5.32. The second kappa shape index (κ2) is 15.8. The predicted molar refractivity (Wildman–Crippen MR) is 204 cm³/mol. The maximum atomic E-state index is 14.7. The Bertz CT molecular complexity index is 1750. The molecule has 6 rings (SSSR count). The van der Waals surface area contributed by atoms with Crippen molar-refractivity contribution in [2.75, 3.05) is 26.0 Å². The van der Waals surface area contributed by atoms with Gasteiger partial charge >= 0.3 is 11.9 Å². The molecule has 4 fully saturated rings. The van der Waals surface area contributed by atoms with Crippen molar-refractivity contribution < 1.29 is 38.1 Å². The lowest BCUT2D eigenvalue weighted by atomic mass is 9.77. The first-order valence-corrected chi connectivity index (χ1v) is 20.4. The minimum absolute atomic E-state index is 0.0879. The van der Waals surface area contributed by atoms with Crippen molar-refractivity contribution in [3.8, 4) is 11.5 Å². The maximum Gasteiger partial charge on any atom is 0.312 e. The molecule has 53 heavy (non-hydrogen) atoms. The molecule has 0 radical (unpaired) electrons. The zero-order chi connectivity index (χ0) is 38.2. The van der Waals surface area contributed by atoms with Gasteiger partial charge in [0.15, 0.2) is 5.78 Å². The van der Waals surface area contributed by atoms with Gasteiger partial charge in [0.05, 0.1) is 49.6 Å². The molecule has 0 spiro atoms. The number of hydrogen-bond acceptors (Lipinski definition) is 10. The van der Waals surface area contributed by atoms with Gasteiger partial charge in [-0.15, -0.1) is 18.3 Å². The van der Waals surface area contributed by atoms with E-state index in [1.54, 1.807) is 28.8 Å². The number of thioether (sulfide) groups is 1. The lowest BCUT2D eigenvalue weighted by Gasteiger charge is -2.35. The van der Waals surface area contributed by atoms with Crippen LogP contribution < -0.4 is 9.47 Å². The molecule has 2 aromatic rings. The molecule has 1 aliphatic heterocycles. The Labute approximate surface area is 322 Å². The average molecular weight is 769 g/mol. The highest BCUT2D eigenvalue weighted by Crippen LogP contribution is 2.57. The van der Waals surface area contributed by atoms with Gasteiger partial charge in [-0.1, -0.05) is 52.3 Å². The van der Waals surface area contributed by atoms with Crippen LogP contribution in [-0.2, 0) is 28.7 Å². The van der Waals surface area contributed by atoms with Crippen LogP contribution in [0.1, 0.15) is 86.0 Å². The number of rotatable bonds is 16. The van der Waals surface area contributed by atoms with Crippen LogP contribution in [0.5, 0.6) is 11.5 Å². The highest BCUT2D eigenvalue weighted by molar-refractivity contribution is 7.99. The molecule has 8 atom stereocenters. The van der Waals surface area contributed by atoms with Crippen molar-refractivity contribution in [3.63, 3.8) is 0 Å². The highest BCUT2D eigenvalue weighted by Gasteiger charge is 2.61. The average Bonchev–Trinajstić information content (AvgIpc) is 3.92. The van der Waals surface area contributed by atoms with Gasteiger partial charge in [0, 0.05) is 24.3 Å². The van der Waals surface area contributed by atoms with E-state index >= 15 is 0 Å². The number of carbonyl (C=O) groups excluding carboxylic acids is 4. The van der Waals surface area contributed by atoms with Crippen molar-refractivity contribution in [1.29, 1.82) is 0 Å². The Kier molecular flexibility index (Phi) is 11.7. The molecule has 1 unspecified atom stereocenters. The number of aromatic nitrogens is 1. The smallest absolute Gasteiger partial charge is 0.312 e. The number of methoxy groups -OCH3 is 1. The predicted octanol–water partition coefficient (Wildman–Crippen LogP) is 7.86. The minimum atomic E-state index is -1.00. The van der Waals surface area contributed by atoms with E-state index in [1.807, 2.05) is 46.8 Å². The molecule has 288 valence electrons. The molecule has 3 saturated carbocycles. The lowest BCUT2D eigenvalue weighted by Crippen LogP contribution is -2.48. The fourth-order valence-electron chi connectivity index (χ4n) is 8.35. The van der Waals surface area contributed by atoms with Gasteiger partial charge in [-0.25, -0.2) is 4.98 Å². The van der Waals surface area contributed by atoms with Crippen molar-refractivity contribution in [3.05, 3.63) is 35.9 Å². The monoisotopic (exact) mass is 768 g/mol. The zero-order valence-electron chi connectivity index (χ0n) is 31.8. The molecule has 1 amide bonds. The van der Waals surface area contributed by atoms with E-state index < -0.39 is 34.9 Å². The second-order valence-electron chi connectivity index (χ2n) is 16.3. The van der Waals surface area contributed by atoms with Crippen LogP contribution >= 0.6 is 23.4 Å². The summed E-state index contributed by atoms with van der Waals surface area (Å²) in [5.74, 6) is 0.821. The first kappa shape index (κ1) is 39.4. The summed E-state index contributed by atoms with van der Waals surface area (Å²) in [4.78, 5) is 61.8. The van der Waals surface area contributed by atoms with Gasteiger partial charge in [0.2, 0.25) is 5.91 Å². The Hall–Kier alpha value is -3.31. The van der Waals surface area contributed by atoms with Crippen LogP contribution in [0.2, 0.25) is 5.02 Å². The first-order valence-electron chi connectivity index (χ1n) is 19.0. The maximum absolute atomic E-state index is 14.7. The molecular weight excluding hydrogens is 716 g/mol. The summed E-state index contributed by atoms with van der Waals surface area (Å²) in [5, 5.41) is 1.79. The third-order valence-corrected chi connectivity index (χ3v) is 12.7. The van der Waals surface area contributed by atoms with Crippen LogP contribution in [0, 0.1) is 34.5 Å². The van der Waals surface area contributed by atoms with E-state index in [2.05, 4.69) is 6.58 Å². The number of esters is 2. The number of halogens is 1. The number of ether oxygens (including phenoxy) is 4. The fourth-order valence-corrected chi connectivity index (χ4v) is 9.25. The number of Topliss-reactive ketones (excluding diaryl/α,β-unsaturated/α-hetero) is 1. The molecule has 12 heteroatoms. The van der Waals surface area contributed by atoms with Crippen LogP contribution in [0.4, 0.5) is 0 Å². The van der Waals surface area contributed by atoms with E-state index in [0.29, 0.717) is 52.3 Å². The number of likely N-dealkylation sites (tertiary alicyclic amines) is 1. The largest absolute Gasteiger partial charge is 0.492 e. The number of amides is 1. The van der Waals surface area contributed by atoms with E-state index in [0.717, 1.165) is 30.0 Å². The van der Waals surface area contributed by atoms with Gasteiger partial charge in [0.25, 0.3) is 0 Å². The Morgan fingerprint density at radius 1 is 1.09 bits per heavy atom. The van der Waals surface area contributed by atoms with Crippen molar-refractivity contribution in [1.82, 2.24) is 9.88 Å². The minimum Gasteiger partial charge on any atom is -0.492 e. The van der Waals surface area contributed by atoms with Crippen LogP contribution in [0.25, 0.3) is 10.9 Å². The summed E-state index contributed by atoms with van der Waals surface area (Å²) in [6.45, 7) is 14.3. The number of benzene rings is 1. The second-order valence-corrected chi connectivity index (χ2v) is 18.0. The number of carbonyl (C=O) groups is 4. The van der Waals surface area contributed by atoms with Gasteiger partial charge in [-0.05, 0) is 73.2 Å². The SMILES string of the molecule is C=C[C@@H]1C[C@]1(CC(=O)[C@@H]1C[C@@H](Oc2cc(SCC)nc3c(Cl)c(OCCC)ccc23)CN1C(=O)[C@@H](CC(=O)OC1C[C@@H]2C[C@@H]2C1)C(C)(C)C)C(=O)OC. The number of hydrogen-bond donors (Lipinski definition) is 0. The molecule has 1 aromatic heterocycles. The number of fused-ring (bicyclic) bond motifs is 2. The Morgan fingerprint density at radius 2 is 1.83 bits per heavy atom. The zero-order valence-corrected chi connectivity index (χ0v) is 33.4. The standard InChI is InChI=1S/C41H53ClN2O8S/c1-8-13-50-32-12-11-28-33(19-34(53-10-3)43-37(28)36(32)42)51-27-17-30(31(45)21-41(39(48)49-7)20-25(41)9-2)44(22-27)38(47)29(40(4,5)6)18-35(46)52-26-15-23-14-24(23)16-26/h9,11-12,19,23-27,29-30H,2,8,10,13-18,20-22H2,1,3-7H3/t23-,24+,25-,26?,27-,29-,30+,41-/m1/s1. The first-order chi connectivity index (χ1) is 25.2. The third kappa shape index (κ3) is 8.36. The van der Waals surface area contributed by atoms with Crippen molar-refractivity contribution >= 4 is 57.9 Å². The molecule has 1 saturated heterocycles. The summed E-state index contributed by atoms with van der Waals surface area (Å²) in [7, 11) is 1.32. The molecular formula is C41H53ClN2O8S. The Morgan fingerprint density at radius 3 is 2.45 bits per heavy atom. The summed E-state index contributed by atoms with van der Waals surface area (Å²) in [5.41, 5.74) is -1.07. The van der Waals surface area contributed by atoms with E-state index in [1.165, 1.54) is 13.5 Å². The molecule has 0 N–H and O–H groups in total. The summed E-state index contributed by atoms with van der Waals surface area (Å²) < 4.78 is 23.6. The molecule has 2 heterocycles. The number of pyridine rings is 1. The van der Waals surface area contributed by atoms with Gasteiger partial charge in [0.1, 0.15) is 33.8 Å². The number of nitrogens with zero attached hydrogens (tertiary/aromatic N) is 2. The van der Waals surface area contributed by atoms with E-state index in [4.69, 9.17) is 35.5 Å². The lowest BCUT2D eigenvalue weighted by molar-refractivity contribution is -0.157. The van der Waals surface area contributed by atoms with Gasteiger partial charge in [-0.3, -0.25) is 19.2 Å². The van der Waals surface area contributed by atoms with Crippen LogP contribution in [0.3, 0.4) is 0 Å². The molecule has 10 nitrogen and oxygen atoms in total. The molecule has 4 aliphatic rings. The fraction of sp³-hybridized carbons (Fsp3) is 0.634. The summed E-state index contributed by atoms with van der Waals surface area (Å²) in [6, 6.07) is 4.66.